The Kier molecular flexibility index (Phi) is 7.79. The zero-order valence-corrected chi connectivity index (χ0v) is 16.1. The molecule has 0 bridgehead atoms. The maximum absolute atomic E-state index is 13.7. The fourth-order valence-corrected chi connectivity index (χ4v) is 3.77. The summed E-state index contributed by atoms with van der Waals surface area (Å²) in [4.78, 5) is 12.1. The topological polar surface area (TPSA) is 29.1 Å². The molecule has 1 N–H and O–H groups in total. The van der Waals surface area contributed by atoms with Gasteiger partial charge >= 0.3 is 0 Å². The second kappa shape index (κ2) is 9.83. The van der Waals surface area contributed by atoms with Crippen molar-refractivity contribution in [2.45, 2.75) is 39.0 Å². The third kappa shape index (κ3) is 5.75. The molecule has 25 heavy (non-hydrogen) atoms. The molecule has 0 aliphatic rings. The van der Waals surface area contributed by atoms with Crippen molar-refractivity contribution in [2.75, 3.05) is 5.75 Å². The molecule has 0 heterocycles. The summed E-state index contributed by atoms with van der Waals surface area (Å²) in [5.74, 6) is 0.273. The van der Waals surface area contributed by atoms with Crippen molar-refractivity contribution < 1.29 is 9.18 Å². The van der Waals surface area contributed by atoms with Gasteiger partial charge in [0.05, 0.1) is 5.75 Å². The highest BCUT2D eigenvalue weighted by Crippen LogP contribution is 2.23. The molecule has 2 aromatic carbocycles. The number of hydrogen-bond donors (Lipinski definition) is 1. The molecule has 134 valence electrons. The summed E-state index contributed by atoms with van der Waals surface area (Å²) in [7, 11) is 0. The number of carbonyl (C=O) groups is 1. The largest absolute Gasteiger partial charge is 0.351 e. The molecule has 0 aromatic heterocycles. The Morgan fingerprint density at radius 2 is 1.96 bits per heavy atom. The molecule has 0 atom stereocenters. The molecule has 0 aliphatic carbocycles. The van der Waals surface area contributed by atoms with Gasteiger partial charge in [-0.3, -0.25) is 4.79 Å². The van der Waals surface area contributed by atoms with Crippen molar-refractivity contribution in [3.8, 4) is 0 Å². The molecule has 0 saturated heterocycles. The van der Waals surface area contributed by atoms with Crippen LogP contribution in [0.5, 0.6) is 0 Å². The van der Waals surface area contributed by atoms with E-state index >= 15 is 0 Å². The standard InChI is InChI=1S/C20H23ClFNOS/c1-3-14-8-9-15(4-2)16(10-14)11-23-20(24)13-25-12-17-18(21)6-5-7-19(17)22/h5-10H,3-4,11-13H2,1-2H3,(H,23,24). The molecule has 1 amide bonds. The van der Waals surface area contributed by atoms with Crippen molar-refractivity contribution >= 4 is 29.3 Å². The SMILES string of the molecule is CCc1ccc(CC)c(CNC(=O)CSCc2c(F)cccc2Cl)c1. The van der Waals surface area contributed by atoms with E-state index in [0.717, 1.165) is 18.4 Å². The van der Waals surface area contributed by atoms with Crippen LogP contribution < -0.4 is 5.32 Å². The predicted octanol–water partition coefficient (Wildman–Crippen LogP) is 5.15. The molecule has 2 rings (SSSR count). The van der Waals surface area contributed by atoms with Crippen LogP contribution in [0.15, 0.2) is 36.4 Å². The minimum Gasteiger partial charge on any atom is -0.351 e. The smallest absolute Gasteiger partial charge is 0.230 e. The van der Waals surface area contributed by atoms with E-state index in [4.69, 9.17) is 11.6 Å². The molecule has 0 radical (unpaired) electrons. The second-order valence-corrected chi connectivity index (χ2v) is 7.17. The molecular formula is C20H23ClFNOS. The van der Waals surface area contributed by atoms with Crippen LogP contribution in [-0.4, -0.2) is 11.7 Å². The predicted molar refractivity (Wildman–Crippen MR) is 105 cm³/mol. The van der Waals surface area contributed by atoms with Crippen molar-refractivity contribution in [3.63, 3.8) is 0 Å². The maximum atomic E-state index is 13.7. The Hall–Kier alpha value is -1.52. The van der Waals surface area contributed by atoms with Gasteiger partial charge in [-0.05, 0) is 41.7 Å². The van der Waals surface area contributed by atoms with Gasteiger partial charge in [0.1, 0.15) is 5.82 Å². The summed E-state index contributed by atoms with van der Waals surface area (Å²) in [6.45, 7) is 4.75. The first-order valence-electron chi connectivity index (χ1n) is 8.43. The highest BCUT2D eigenvalue weighted by atomic mass is 35.5. The Balaban J connectivity index is 1.85. The molecule has 0 spiro atoms. The van der Waals surface area contributed by atoms with Crippen LogP contribution in [0.1, 0.15) is 36.1 Å². The van der Waals surface area contributed by atoms with Crippen LogP contribution in [0, 0.1) is 5.82 Å². The molecule has 0 aliphatic heterocycles. The Morgan fingerprint density at radius 3 is 2.64 bits per heavy atom. The summed E-state index contributed by atoms with van der Waals surface area (Å²) in [6.07, 6.45) is 1.92. The van der Waals surface area contributed by atoms with E-state index in [1.807, 2.05) is 0 Å². The van der Waals surface area contributed by atoms with Crippen LogP contribution in [0.25, 0.3) is 0 Å². The van der Waals surface area contributed by atoms with Crippen molar-refractivity contribution in [1.82, 2.24) is 5.32 Å². The third-order valence-corrected chi connectivity index (χ3v) is 5.39. The van der Waals surface area contributed by atoms with Gasteiger partial charge in [-0.1, -0.05) is 49.7 Å². The first kappa shape index (κ1) is 19.8. The van der Waals surface area contributed by atoms with E-state index in [0.29, 0.717) is 22.9 Å². The average Bonchev–Trinajstić information content (AvgIpc) is 2.62. The molecule has 2 nitrogen and oxygen atoms in total. The van der Waals surface area contributed by atoms with E-state index in [-0.39, 0.29) is 17.5 Å². The van der Waals surface area contributed by atoms with Crippen molar-refractivity contribution in [1.29, 1.82) is 0 Å². The summed E-state index contributed by atoms with van der Waals surface area (Å²) >= 11 is 7.35. The van der Waals surface area contributed by atoms with Crippen LogP contribution >= 0.6 is 23.4 Å². The molecule has 2 aromatic rings. The minimum absolute atomic E-state index is 0.0542. The Labute approximate surface area is 158 Å². The van der Waals surface area contributed by atoms with E-state index < -0.39 is 0 Å². The van der Waals surface area contributed by atoms with Crippen molar-refractivity contribution in [2.24, 2.45) is 0 Å². The van der Waals surface area contributed by atoms with Crippen LogP contribution in [0.3, 0.4) is 0 Å². The molecule has 5 heteroatoms. The molecule has 0 fully saturated rings. The first-order valence-corrected chi connectivity index (χ1v) is 9.96. The summed E-state index contributed by atoms with van der Waals surface area (Å²) in [6, 6.07) is 11.1. The van der Waals surface area contributed by atoms with Crippen LogP contribution in [0.2, 0.25) is 5.02 Å². The summed E-state index contributed by atoms with van der Waals surface area (Å²) in [5.41, 5.74) is 4.14. The van der Waals surface area contributed by atoms with Gasteiger partial charge in [0.15, 0.2) is 0 Å². The summed E-state index contributed by atoms with van der Waals surface area (Å²) < 4.78 is 13.7. The number of amides is 1. The van der Waals surface area contributed by atoms with E-state index in [1.165, 1.54) is 29.0 Å². The lowest BCUT2D eigenvalue weighted by molar-refractivity contribution is -0.118. The summed E-state index contributed by atoms with van der Waals surface area (Å²) in [5, 5.41) is 3.35. The fraction of sp³-hybridized carbons (Fsp3) is 0.350. The number of rotatable bonds is 8. The normalized spacial score (nSPS) is 10.7. The number of aryl methyl sites for hydroxylation is 2. The number of benzene rings is 2. The quantitative estimate of drug-likeness (QED) is 0.686. The number of halogens is 2. The zero-order chi connectivity index (χ0) is 18.2. The number of nitrogens with one attached hydrogen (secondary N) is 1. The monoisotopic (exact) mass is 379 g/mol. The van der Waals surface area contributed by atoms with E-state index in [2.05, 4.69) is 37.4 Å². The highest BCUT2D eigenvalue weighted by Gasteiger charge is 2.09. The number of carbonyl (C=O) groups excluding carboxylic acids is 1. The second-order valence-electron chi connectivity index (χ2n) is 5.78. The number of thioether (sulfide) groups is 1. The van der Waals surface area contributed by atoms with Crippen LogP contribution in [0.4, 0.5) is 4.39 Å². The van der Waals surface area contributed by atoms with Crippen molar-refractivity contribution in [3.05, 3.63) is 69.5 Å². The lowest BCUT2D eigenvalue weighted by atomic mass is 10.0. The molecule has 0 unspecified atom stereocenters. The van der Waals surface area contributed by atoms with Gasteiger partial charge in [-0.15, -0.1) is 11.8 Å². The first-order chi connectivity index (χ1) is 12.0. The highest BCUT2D eigenvalue weighted by molar-refractivity contribution is 7.99. The van der Waals surface area contributed by atoms with Gasteiger partial charge in [0, 0.05) is 22.9 Å². The molecular weight excluding hydrogens is 357 g/mol. The maximum Gasteiger partial charge on any atom is 0.230 e. The molecule has 0 saturated carbocycles. The van der Waals surface area contributed by atoms with E-state index in [1.54, 1.807) is 12.1 Å². The van der Waals surface area contributed by atoms with Gasteiger partial charge in [-0.25, -0.2) is 4.39 Å². The van der Waals surface area contributed by atoms with E-state index in [9.17, 15) is 9.18 Å². The lowest BCUT2D eigenvalue weighted by Gasteiger charge is -2.11. The minimum atomic E-state index is -0.329. The third-order valence-electron chi connectivity index (χ3n) is 4.08. The Bertz CT molecular complexity index is 715. The fourth-order valence-electron chi connectivity index (χ4n) is 2.57. The lowest BCUT2D eigenvalue weighted by Crippen LogP contribution is -2.25. The van der Waals surface area contributed by atoms with Gasteiger partial charge < -0.3 is 5.32 Å². The van der Waals surface area contributed by atoms with Gasteiger partial charge in [0.2, 0.25) is 5.91 Å². The average molecular weight is 380 g/mol. The van der Waals surface area contributed by atoms with Crippen LogP contribution in [-0.2, 0) is 29.9 Å². The zero-order valence-electron chi connectivity index (χ0n) is 14.6. The Morgan fingerprint density at radius 1 is 1.16 bits per heavy atom. The number of hydrogen-bond acceptors (Lipinski definition) is 2. The van der Waals surface area contributed by atoms with Gasteiger partial charge in [-0.2, -0.15) is 0 Å². The van der Waals surface area contributed by atoms with Gasteiger partial charge in [0.25, 0.3) is 0 Å².